The highest BCUT2D eigenvalue weighted by Crippen LogP contribution is 2.21. The van der Waals surface area contributed by atoms with Gasteiger partial charge in [0, 0.05) is 11.9 Å². The monoisotopic (exact) mass is 314 g/mol. The van der Waals surface area contributed by atoms with Gasteiger partial charge in [-0.3, -0.25) is 9.36 Å². The van der Waals surface area contributed by atoms with E-state index in [1.54, 1.807) is 11.5 Å². The van der Waals surface area contributed by atoms with Crippen LogP contribution in [0.2, 0.25) is 0 Å². The molecule has 0 aliphatic rings. The average molecular weight is 314 g/mol. The number of aryl methyl sites for hydroxylation is 2. The summed E-state index contributed by atoms with van der Waals surface area (Å²) >= 11 is 1.19. The number of aromatic carboxylic acids is 1. The molecule has 5 nitrogen and oxygen atoms in total. The Morgan fingerprint density at radius 1 is 1.32 bits per heavy atom. The molecular formula is C16H14N2O3S. The number of thiophene rings is 1. The summed E-state index contributed by atoms with van der Waals surface area (Å²) in [5.41, 5.74) is 0.876. The topological polar surface area (TPSA) is 72.2 Å². The van der Waals surface area contributed by atoms with Crippen LogP contribution in [0.25, 0.3) is 10.2 Å². The van der Waals surface area contributed by atoms with E-state index in [-0.39, 0.29) is 16.5 Å². The van der Waals surface area contributed by atoms with Crippen LogP contribution in [-0.4, -0.2) is 20.6 Å². The molecular weight excluding hydrogens is 300 g/mol. The van der Waals surface area contributed by atoms with Gasteiger partial charge in [0.05, 0.1) is 10.9 Å². The lowest BCUT2D eigenvalue weighted by Crippen LogP contribution is -2.25. The summed E-state index contributed by atoms with van der Waals surface area (Å²) in [5, 5.41) is 10.9. The smallest absolute Gasteiger partial charge is 0.337 e. The van der Waals surface area contributed by atoms with Gasteiger partial charge in [0.1, 0.15) is 10.7 Å². The summed E-state index contributed by atoms with van der Waals surface area (Å²) < 4.78 is 1.55. The highest BCUT2D eigenvalue weighted by molar-refractivity contribution is 7.17. The SMILES string of the molecule is Cc1nc2scc(C(=O)O)c2c(=O)n1CCc1ccccc1. The van der Waals surface area contributed by atoms with Crippen molar-refractivity contribution in [2.24, 2.45) is 0 Å². The molecule has 0 aliphatic heterocycles. The van der Waals surface area contributed by atoms with E-state index >= 15 is 0 Å². The molecule has 112 valence electrons. The molecule has 2 heterocycles. The molecule has 2 aromatic heterocycles. The van der Waals surface area contributed by atoms with Crippen LogP contribution in [-0.2, 0) is 13.0 Å². The quantitative estimate of drug-likeness (QED) is 0.803. The average Bonchev–Trinajstić information content (AvgIpc) is 2.92. The number of fused-ring (bicyclic) bond motifs is 1. The summed E-state index contributed by atoms with van der Waals surface area (Å²) in [6.45, 7) is 2.25. The molecule has 1 aromatic carbocycles. The van der Waals surface area contributed by atoms with Crippen molar-refractivity contribution < 1.29 is 9.90 Å². The first-order valence-corrected chi connectivity index (χ1v) is 7.71. The van der Waals surface area contributed by atoms with Gasteiger partial charge < -0.3 is 5.11 Å². The van der Waals surface area contributed by atoms with Crippen LogP contribution in [0, 0.1) is 6.92 Å². The van der Waals surface area contributed by atoms with Gasteiger partial charge in [0.15, 0.2) is 0 Å². The molecule has 3 aromatic rings. The summed E-state index contributed by atoms with van der Waals surface area (Å²) in [4.78, 5) is 28.7. The van der Waals surface area contributed by atoms with Crippen LogP contribution in [0.3, 0.4) is 0 Å². The summed E-state index contributed by atoms with van der Waals surface area (Å²) in [7, 11) is 0. The lowest BCUT2D eigenvalue weighted by molar-refractivity contribution is 0.0699. The minimum atomic E-state index is -1.09. The van der Waals surface area contributed by atoms with Crippen LogP contribution in [0.4, 0.5) is 0 Å². The highest BCUT2D eigenvalue weighted by Gasteiger charge is 2.18. The third kappa shape index (κ3) is 2.53. The standard InChI is InChI=1S/C16H14N2O3S/c1-10-17-14-13(12(9-22-14)16(20)21)15(19)18(10)8-7-11-5-3-2-4-6-11/h2-6,9H,7-8H2,1H3,(H,20,21). The number of rotatable bonds is 4. The van der Waals surface area contributed by atoms with E-state index in [1.807, 2.05) is 30.3 Å². The molecule has 1 N–H and O–H groups in total. The lowest BCUT2D eigenvalue weighted by Gasteiger charge is -2.09. The van der Waals surface area contributed by atoms with Crippen LogP contribution >= 0.6 is 11.3 Å². The summed E-state index contributed by atoms with van der Waals surface area (Å²) in [5.74, 6) is -0.490. The molecule has 3 rings (SSSR count). The van der Waals surface area contributed by atoms with Crippen molar-refractivity contribution in [1.29, 1.82) is 0 Å². The van der Waals surface area contributed by atoms with Crippen molar-refractivity contribution in [2.75, 3.05) is 0 Å². The zero-order valence-corrected chi connectivity index (χ0v) is 12.8. The van der Waals surface area contributed by atoms with Crippen molar-refractivity contribution in [3.05, 3.63) is 63.0 Å². The molecule has 0 spiro atoms. The predicted octanol–water partition coefficient (Wildman–Crippen LogP) is 2.71. The van der Waals surface area contributed by atoms with Gasteiger partial charge in [-0.1, -0.05) is 30.3 Å². The van der Waals surface area contributed by atoms with Crippen molar-refractivity contribution in [3.8, 4) is 0 Å². The van der Waals surface area contributed by atoms with E-state index in [0.29, 0.717) is 23.6 Å². The predicted molar refractivity (Wildman–Crippen MR) is 85.7 cm³/mol. The maximum Gasteiger partial charge on any atom is 0.337 e. The maximum absolute atomic E-state index is 12.6. The van der Waals surface area contributed by atoms with Crippen molar-refractivity contribution in [2.45, 2.75) is 19.9 Å². The minimum Gasteiger partial charge on any atom is -0.478 e. The minimum absolute atomic E-state index is 0.0333. The van der Waals surface area contributed by atoms with E-state index in [1.165, 1.54) is 16.7 Å². The van der Waals surface area contributed by atoms with Gasteiger partial charge in [-0.2, -0.15) is 0 Å². The van der Waals surface area contributed by atoms with E-state index in [0.717, 1.165) is 5.56 Å². The summed E-state index contributed by atoms with van der Waals surface area (Å²) in [6.07, 6.45) is 0.696. The van der Waals surface area contributed by atoms with Gasteiger partial charge in [0.2, 0.25) is 0 Å². The van der Waals surface area contributed by atoms with E-state index in [9.17, 15) is 14.7 Å². The third-order valence-corrected chi connectivity index (χ3v) is 4.45. The highest BCUT2D eigenvalue weighted by atomic mass is 32.1. The second kappa shape index (κ2) is 5.73. The molecule has 0 saturated heterocycles. The zero-order valence-electron chi connectivity index (χ0n) is 11.9. The number of carboxylic acids is 1. The van der Waals surface area contributed by atoms with Crippen LogP contribution < -0.4 is 5.56 Å². The molecule has 0 aliphatic carbocycles. The second-order valence-electron chi connectivity index (χ2n) is 4.99. The number of benzene rings is 1. The molecule has 0 saturated carbocycles. The Labute approximate surface area is 130 Å². The second-order valence-corrected chi connectivity index (χ2v) is 5.84. The number of carbonyl (C=O) groups is 1. The van der Waals surface area contributed by atoms with Crippen molar-refractivity contribution in [3.63, 3.8) is 0 Å². The Kier molecular flexibility index (Phi) is 3.77. The Morgan fingerprint density at radius 2 is 2.05 bits per heavy atom. The fraction of sp³-hybridized carbons (Fsp3) is 0.188. The molecule has 6 heteroatoms. The number of carboxylic acid groups (broad SMARTS) is 1. The van der Waals surface area contributed by atoms with Gasteiger partial charge >= 0.3 is 5.97 Å². The Bertz CT molecular complexity index is 897. The molecule has 0 fully saturated rings. The molecule has 22 heavy (non-hydrogen) atoms. The molecule has 0 radical (unpaired) electrons. The first-order valence-electron chi connectivity index (χ1n) is 6.84. The first kappa shape index (κ1) is 14.5. The van der Waals surface area contributed by atoms with E-state index in [2.05, 4.69) is 4.98 Å². The number of hydrogen-bond donors (Lipinski definition) is 1. The normalized spacial score (nSPS) is 11.0. The van der Waals surface area contributed by atoms with Crippen LogP contribution in [0.1, 0.15) is 21.7 Å². The Balaban J connectivity index is 2.04. The number of aromatic nitrogens is 2. The van der Waals surface area contributed by atoms with E-state index in [4.69, 9.17) is 0 Å². The van der Waals surface area contributed by atoms with Crippen molar-refractivity contribution >= 4 is 27.5 Å². The molecule has 0 unspecified atom stereocenters. The fourth-order valence-electron chi connectivity index (χ4n) is 2.43. The Hall–Kier alpha value is -2.47. The fourth-order valence-corrected chi connectivity index (χ4v) is 3.38. The zero-order chi connectivity index (χ0) is 15.7. The van der Waals surface area contributed by atoms with Crippen molar-refractivity contribution in [1.82, 2.24) is 9.55 Å². The Morgan fingerprint density at radius 3 is 2.73 bits per heavy atom. The number of hydrogen-bond acceptors (Lipinski definition) is 4. The van der Waals surface area contributed by atoms with Crippen LogP contribution in [0.5, 0.6) is 0 Å². The third-order valence-electron chi connectivity index (χ3n) is 3.58. The molecule has 0 amide bonds. The maximum atomic E-state index is 12.6. The summed E-state index contributed by atoms with van der Waals surface area (Å²) in [6, 6.07) is 9.85. The number of nitrogens with zero attached hydrogens (tertiary/aromatic N) is 2. The van der Waals surface area contributed by atoms with Crippen LogP contribution in [0.15, 0.2) is 40.5 Å². The van der Waals surface area contributed by atoms with E-state index < -0.39 is 5.97 Å². The van der Waals surface area contributed by atoms with Gasteiger partial charge in [0.25, 0.3) is 5.56 Å². The lowest BCUT2D eigenvalue weighted by atomic mass is 10.1. The van der Waals surface area contributed by atoms with Gasteiger partial charge in [-0.05, 0) is 18.9 Å². The largest absolute Gasteiger partial charge is 0.478 e. The molecule has 0 atom stereocenters. The first-order chi connectivity index (χ1) is 10.6. The van der Waals surface area contributed by atoms with Gasteiger partial charge in [-0.25, -0.2) is 9.78 Å². The molecule has 0 bridgehead atoms. The van der Waals surface area contributed by atoms with Gasteiger partial charge in [-0.15, -0.1) is 11.3 Å².